The third-order valence-electron chi connectivity index (χ3n) is 6.33. The van der Waals surface area contributed by atoms with E-state index >= 15 is 0 Å². The highest BCUT2D eigenvalue weighted by molar-refractivity contribution is 5.76. The number of ether oxygens (including phenoxy) is 1. The molecule has 1 atom stereocenters. The number of rotatable bonds is 11. The Labute approximate surface area is 197 Å². The van der Waals surface area contributed by atoms with E-state index in [9.17, 15) is 4.79 Å². The highest BCUT2D eigenvalue weighted by atomic mass is 16.5. The van der Waals surface area contributed by atoms with Gasteiger partial charge in [0.1, 0.15) is 12.4 Å². The maximum absolute atomic E-state index is 12.3. The van der Waals surface area contributed by atoms with Crippen molar-refractivity contribution in [2.45, 2.75) is 32.3 Å². The van der Waals surface area contributed by atoms with Crippen molar-refractivity contribution in [2.75, 3.05) is 26.2 Å². The van der Waals surface area contributed by atoms with Crippen LogP contribution >= 0.6 is 0 Å². The van der Waals surface area contributed by atoms with Gasteiger partial charge in [-0.25, -0.2) is 0 Å². The standard InChI is InChI=1S/C29H34N2O2/c32-29(30-21-27-18-20-31(22-27)19-17-24-7-3-1-4-8-24)16-13-25-11-14-28(15-12-25)33-23-26-9-5-2-6-10-26/h1-12,14-15,27H,13,16-23H2,(H,30,32). The fourth-order valence-electron chi connectivity index (χ4n) is 4.31. The summed E-state index contributed by atoms with van der Waals surface area (Å²) >= 11 is 0. The molecule has 0 aromatic heterocycles. The van der Waals surface area contributed by atoms with E-state index in [2.05, 4.69) is 64.8 Å². The third-order valence-corrected chi connectivity index (χ3v) is 6.33. The van der Waals surface area contributed by atoms with Crippen molar-refractivity contribution in [1.82, 2.24) is 10.2 Å². The Balaban J connectivity index is 1.10. The molecule has 172 valence electrons. The van der Waals surface area contributed by atoms with Crippen LogP contribution in [0.15, 0.2) is 84.9 Å². The van der Waals surface area contributed by atoms with E-state index in [0.29, 0.717) is 18.9 Å². The summed E-state index contributed by atoms with van der Waals surface area (Å²) < 4.78 is 5.84. The number of amides is 1. The molecule has 1 amide bonds. The normalized spacial score (nSPS) is 15.9. The molecule has 3 aromatic rings. The molecular formula is C29H34N2O2. The molecule has 4 nitrogen and oxygen atoms in total. The highest BCUT2D eigenvalue weighted by Crippen LogP contribution is 2.17. The minimum atomic E-state index is 0.141. The van der Waals surface area contributed by atoms with Crippen LogP contribution in [-0.4, -0.2) is 37.0 Å². The largest absolute Gasteiger partial charge is 0.489 e. The number of likely N-dealkylation sites (tertiary alicyclic amines) is 1. The van der Waals surface area contributed by atoms with E-state index in [4.69, 9.17) is 4.74 Å². The van der Waals surface area contributed by atoms with Gasteiger partial charge in [0.25, 0.3) is 0 Å². The van der Waals surface area contributed by atoms with Gasteiger partial charge in [-0.15, -0.1) is 0 Å². The maximum atomic E-state index is 12.3. The molecule has 1 unspecified atom stereocenters. The molecule has 0 bridgehead atoms. The van der Waals surface area contributed by atoms with Crippen LogP contribution in [0.5, 0.6) is 5.75 Å². The first kappa shape index (κ1) is 23.1. The summed E-state index contributed by atoms with van der Waals surface area (Å²) in [5.41, 5.74) is 3.70. The van der Waals surface area contributed by atoms with Crippen molar-refractivity contribution in [3.05, 3.63) is 102 Å². The summed E-state index contributed by atoms with van der Waals surface area (Å²) in [4.78, 5) is 14.9. The molecule has 1 N–H and O–H groups in total. The van der Waals surface area contributed by atoms with E-state index in [1.165, 1.54) is 12.0 Å². The number of hydrogen-bond donors (Lipinski definition) is 1. The Morgan fingerprint density at radius 1 is 0.848 bits per heavy atom. The van der Waals surface area contributed by atoms with Gasteiger partial charge < -0.3 is 15.0 Å². The summed E-state index contributed by atoms with van der Waals surface area (Å²) in [5.74, 6) is 1.55. The lowest BCUT2D eigenvalue weighted by atomic mass is 10.1. The van der Waals surface area contributed by atoms with Gasteiger partial charge in [0, 0.05) is 26.1 Å². The molecule has 1 saturated heterocycles. The molecule has 1 aliphatic heterocycles. The number of aryl methyl sites for hydroxylation is 1. The van der Waals surface area contributed by atoms with Gasteiger partial charge in [-0.1, -0.05) is 72.8 Å². The number of nitrogens with zero attached hydrogens (tertiary/aromatic N) is 1. The molecule has 0 radical (unpaired) electrons. The SMILES string of the molecule is O=C(CCc1ccc(OCc2ccccc2)cc1)NCC1CCN(CCc2ccccc2)C1. The van der Waals surface area contributed by atoms with Crippen LogP contribution in [0.25, 0.3) is 0 Å². The Hall–Kier alpha value is -3.11. The monoisotopic (exact) mass is 442 g/mol. The lowest BCUT2D eigenvalue weighted by Gasteiger charge is -2.16. The molecule has 1 heterocycles. The van der Waals surface area contributed by atoms with Gasteiger partial charge in [0.05, 0.1) is 0 Å². The predicted molar refractivity (Wildman–Crippen MR) is 133 cm³/mol. The summed E-state index contributed by atoms with van der Waals surface area (Å²) in [7, 11) is 0. The smallest absolute Gasteiger partial charge is 0.220 e. The van der Waals surface area contributed by atoms with Crippen molar-refractivity contribution >= 4 is 5.91 Å². The lowest BCUT2D eigenvalue weighted by molar-refractivity contribution is -0.121. The fraction of sp³-hybridized carbons (Fsp3) is 0.345. The predicted octanol–water partition coefficient (Wildman–Crippen LogP) is 4.88. The van der Waals surface area contributed by atoms with Crippen molar-refractivity contribution < 1.29 is 9.53 Å². The van der Waals surface area contributed by atoms with Gasteiger partial charge in [0.2, 0.25) is 5.91 Å². The molecule has 1 fully saturated rings. The zero-order chi connectivity index (χ0) is 22.7. The van der Waals surface area contributed by atoms with Crippen LogP contribution in [0.3, 0.4) is 0 Å². The lowest BCUT2D eigenvalue weighted by Crippen LogP contribution is -2.31. The first-order valence-corrected chi connectivity index (χ1v) is 12.0. The highest BCUT2D eigenvalue weighted by Gasteiger charge is 2.22. The minimum Gasteiger partial charge on any atom is -0.489 e. The number of benzene rings is 3. The summed E-state index contributed by atoms with van der Waals surface area (Å²) in [6.45, 7) is 4.66. The average molecular weight is 443 g/mol. The van der Waals surface area contributed by atoms with Gasteiger partial charge >= 0.3 is 0 Å². The fourth-order valence-corrected chi connectivity index (χ4v) is 4.31. The van der Waals surface area contributed by atoms with Crippen molar-refractivity contribution in [3.8, 4) is 5.75 Å². The van der Waals surface area contributed by atoms with E-state index in [1.807, 2.05) is 30.3 Å². The molecular weight excluding hydrogens is 408 g/mol. The van der Waals surface area contributed by atoms with Crippen LogP contribution in [0, 0.1) is 5.92 Å². The minimum absolute atomic E-state index is 0.141. The van der Waals surface area contributed by atoms with Crippen molar-refractivity contribution in [2.24, 2.45) is 5.92 Å². The molecule has 4 heteroatoms. The Morgan fingerprint density at radius 3 is 2.24 bits per heavy atom. The van der Waals surface area contributed by atoms with E-state index in [0.717, 1.165) is 55.9 Å². The summed E-state index contributed by atoms with van der Waals surface area (Å²) in [6, 6.07) is 28.9. The Kier molecular flexibility index (Phi) is 8.54. The van der Waals surface area contributed by atoms with Gasteiger partial charge in [-0.3, -0.25) is 4.79 Å². The van der Waals surface area contributed by atoms with Gasteiger partial charge in [-0.05, 0) is 60.5 Å². The van der Waals surface area contributed by atoms with Crippen LogP contribution in [0.1, 0.15) is 29.5 Å². The van der Waals surface area contributed by atoms with E-state index in [1.54, 1.807) is 0 Å². The van der Waals surface area contributed by atoms with Crippen LogP contribution in [0.2, 0.25) is 0 Å². The van der Waals surface area contributed by atoms with Crippen molar-refractivity contribution in [3.63, 3.8) is 0 Å². The first-order chi connectivity index (χ1) is 16.2. The number of hydrogen-bond acceptors (Lipinski definition) is 3. The molecule has 4 rings (SSSR count). The van der Waals surface area contributed by atoms with Crippen LogP contribution in [-0.2, 0) is 24.2 Å². The van der Waals surface area contributed by atoms with Gasteiger partial charge in [0.15, 0.2) is 0 Å². The Bertz CT molecular complexity index is 974. The quantitative estimate of drug-likeness (QED) is 0.460. The molecule has 1 aliphatic rings. The van der Waals surface area contributed by atoms with Gasteiger partial charge in [-0.2, -0.15) is 0 Å². The topological polar surface area (TPSA) is 41.6 Å². The Morgan fingerprint density at radius 2 is 1.52 bits per heavy atom. The summed E-state index contributed by atoms with van der Waals surface area (Å²) in [6.07, 6.45) is 3.53. The zero-order valence-corrected chi connectivity index (χ0v) is 19.3. The second kappa shape index (κ2) is 12.2. The number of nitrogens with one attached hydrogen (secondary N) is 1. The summed E-state index contributed by atoms with van der Waals surface area (Å²) in [5, 5.41) is 3.15. The van der Waals surface area contributed by atoms with E-state index in [-0.39, 0.29) is 5.91 Å². The maximum Gasteiger partial charge on any atom is 0.220 e. The first-order valence-electron chi connectivity index (χ1n) is 12.0. The second-order valence-corrected chi connectivity index (χ2v) is 8.91. The number of carbonyl (C=O) groups excluding carboxylic acids is 1. The molecule has 0 spiro atoms. The molecule has 0 aliphatic carbocycles. The van der Waals surface area contributed by atoms with Crippen molar-refractivity contribution in [1.29, 1.82) is 0 Å². The van der Waals surface area contributed by atoms with Crippen LogP contribution in [0.4, 0.5) is 0 Å². The van der Waals surface area contributed by atoms with E-state index < -0.39 is 0 Å². The molecule has 0 saturated carbocycles. The average Bonchev–Trinajstić information content (AvgIpc) is 3.33. The van der Waals surface area contributed by atoms with Crippen LogP contribution < -0.4 is 10.1 Å². The molecule has 33 heavy (non-hydrogen) atoms. The third kappa shape index (κ3) is 7.76. The molecule has 3 aromatic carbocycles. The second-order valence-electron chi connectivity index (χ2n) is 8.91. The zero-order valence-electron chi connectivity index (χ0n) is 19.3. The number of carbonyl (C=O) groups is 1.